The lowest BCUT2D eigenvalue weighted by molar-refractivity contribution is -0.177. The highest BCUT2D eigenvalue weighted by Crippen LogP contribution is 2.54. The molecule has 0 N–H and O–H groups in total. The highest BCUT2D eigenvalue weighted by molar-refractivity contribution is 5.85. The largest absolute Gasteiger partial charge is 0.468 e. The van der Waals surface area contributed by atoms with Crippen molar-refractivity contribution in [2.75, 3.05) is 7.11 Å². The van der Waals surface area contributed by atoms with E-state index in [4.69, 9.17) is 0 Å². The number of esters is 1. The Morgan fingerprint density at radius 1 is 1.33 bits per heavy atom. The molecule has 5 heteroatoms. The predicted octanol–water partition coefficient (Wildman–Crippen LogP) is 2.97. The van der Waals surface area contributed by atoms with Gasteiger partial charge in [-0.25, -0.2) is 13.2 Å². The Morgan fingerprint density at radius 2 is 1.94 bits per heavy atom. The van der Waals surface area contributed by atoms with Gasteiger partial charge in [-0.05, 0) is 24.1 Å². The minimum absolute atomic E-state index is 0.253. The van der Waals surface area contributed by atoms with Gasteiger partial charge in [0, 0.05) is 12.8 Å². The Kier molecular flexibility index (Phi) is 2.87. The summed E-state index contributed by atoms with van der Waals surface area (Å²) in [5.41, 5.74) is -0.750. The van der Waals surface area contributed by atoms with Crippen LogP contribution in [-0.2, 0) is 14.9 Å². The lowest BCUT2D eigenvalue weighted by Gasteiger charge is -2.45. The molecule has 0 radical (unpaired) electrons. The molecule has 1 saturated carbocycles. The Balaban J connectivity index is 2.42. The molecule has 1 aliphatic rings. The van der Waals surface area contributed by atoms with Crippen LogP contribution in [0.3, 0.4) is 0 Å². The number of carbonyl (C=O) groups excluding carboxylic acids is 1. The molecule has 0 bridgehead atoms. The van der Waals surface area contributed by atoms with E-state index in [1.807, 2.05) is 0 Å². The Labute approximate surface area is 103 Å². The quantitative estimate of drug-likeness (QED) is 0.762. The van der Waals surface area contributed by atoms with Gasteiger partial charge in [0.15, 0.2) is 0 Å². The standard InChI is InChI=1S/C13H13F3O2/c1-8-3-4-9(5-10(8)14)12(11(17)18-2)6-13(15,16)7-12/h3-5H,6-7H2,1-2H3. The fraction of sp³-hybridized carbons (Fsp3) is 0.462. The van der Waals surface area contributed by atoms with Crippen molar-refractivity contribution in [3.05, 3.63) is 35.1 Å². The topological polar surface area (TPSA) is 26.3 Å². The van der Waals surface area contributed by atoms with Crippen molar-refractivity contribution < 1.29 is 22.7 Å². The minimum atomic E-state index is -2.89. The minimum Gasteiger partial charge on any atom is -0.468 e. The van der Waals surface area contributed by atoms with Crippen LogP contribution >= 0.6 is 0 Å². The number of halogens is 3. The monoisotopic (exact) mass is 258 g/mol. The van der Waals surface area contributed by atoms with Crippen molar-refractivity contribution in [3.8, 4) is 0 Å². The number of hydrogen-bond acceptors (Lipinski definition) is 2. The molecule has 0 unspecified atom stereocenters. The second-order valence-electron chi connectivity index (χ2n) is 4.75. The normalized spacial score (nSPS) is 20.1. The summed E-state index contributed by atoms with van der Waals surface area (Å²) < 4.78 is 44.3. The van der Waals surface area contributed by atoms with Crippen molar-refractivity contribution >= 4 is 5.97 Å². The van der Waals surface area contributed by atoms with E-state index in [0.29, 0.717) is 5.56 Å². The molecule has 2 rings (SSSR count). The van der Waals surface area contributed by atoms with E-state index in [1.54, 1.807) is 6.92 Å². The Hall–Kier alpha value is -1.52. The molecule has 0 aromatic heterocycles. The molecule has 1 aromatic rings. The van der Waals surface area contributed by atoms with E-state index in [1.165, 1.54) is 12.1 Å². The predicted molar refractivity (Wildman–Crippen MR) is 59.0 cm³/mol. The third kappa shape index (κ3) is 1.87. The molecule has 1 aliphatic carbocycles. The number of aryl methyl sites for hydroxylation is 1. The molecule has 0 aliphatic heterocycles. The number of rotatable bonds is 2. The molecule has 98 valence electrons. The molecule has 0 atom stereocenters. The van der Waals surface area contributed by atoms with E-state index in [2.05, 4.69) is 4.74 Å². The summed E-state index contributed by atoms with van der Waals surface area (Å²) in [6, 6.07) is 4.12. The van der Waals surface area contributed by atoms with Gasteiger partial charge >= 0.3 is 5.97 Å². The van der Waals surface area contributed by atoms with E-state index in [0.717, 1.165) is 13.2 Å². The maximum absolute atomic E-state index is 13.5. The van der Waals surface area contributed by atoms with E-state index in [9.17, 15) is 18.0 Å². The number of benzene rings is 1. The summed E-state index contributed by atoms with van der Waals surface area (Å²) in [7, 11) is 1.14. The first-order valence-corrected chi connectivity index (χ1v) is 5.54. The number of alkyl halides is 2. The fourth-order valence-electron chi connectivity index (χ4n) is 2.38. The second-order valence-corrected chi connectivity index (χ2v) is 4.75. The first-order valence-electron chi connectivity index (χ1n) is 5.54. The van der Waals surface area contributed by atoms with Gasteiger partial charge in [0.1, 0.15) is 11.2 Å². The van der Waals surface area contributed by atoms with Gasteiger partial charge in [-0.1, -0.05) is 12.1 Å². The van der Waals surface area contributed by atoms with Crippen LogP contribution in [0, 0.1) is 12.7 Å². The SMILES string of the molecule is COC(=O)C1(c2ccc(C)c(F)c2)CC(F)(F)C1. The van der Waals surface area contributed by atoms with E-state index < -0.39 is 36.0 Å². The lowest BCUT2D eigenvalue weighted by atomic mass is 9.62. The van der Waals surface area contributed by atoms with Gasteiger partial charge in [0.2, 0.25) is 0 Å². The molecule has 1 fully saturated rings. The molecule has 0 amide bonds. The number of hydrogen-bond donors (Lipinski definition) is 0. The van der Waals surface area contributed by atoms with E-state index >= 15 is 0 Å². The molecule has 0 heterocycles. The van der Waals surface area contributed by atoms with Gasteiger partial charge in [-0.15, -0.1) is 0 Å². The van der Waals surface area contributed by atoms with Crippen molar-refractivity contribution in [3.63, 3.8) is 0 Å². The van der Waals surface area contributed by atoms with Gasteiger partial charge < -0.3 is 4.74 Å². The highest BCUT2D eigenvalue weighted by Gasteiger charge is 2.62. The summed E-state index contributed by atoms with van der Waals surface area (Å²) in [4.78, 5) is 11.7. The van der Waals surface area contributed by atoms with Crippen LogP contribution in [0.4, 0.5) is 13.2 Å². The van der Waals surface area contributed by atoms with Crippen LogP contribution in [0.1, 0.15) is 24.0 Å². The average Bonchev–Trinajstić information content (AvgIpc) is 2.28. The highest BCUT2D eigenvalue weighted by atomic mass is 19.3. The molecular weight excluding hydrogens is 245 g/mol. The third-order valence-electron chi connectivity index (χ3n) is 3.42. The first-order chi connectivity index (χ1) is 8.31. The molecule has 0 saturated heterocycles. The van der Waals surface area contributed by atoms with Crippen LogP contribution < -0.4 is 0 Å². The van der Waals surface area contributed by atoms with Crippen LogP contribution in [0.15, 0.2) is 18.2 Å². The summed E-state index contributed by atoms with van der Waals surface area (Å²) >= 11 is 0. The zero-order chi connectivity index (χ0) is 13.6. The van der Waals surface area contributed by atoms with Gasteiger partial charge in [0.25, 0.3) is 5.92 Å². The van der Waals surface area contributed by atoms with Crippen LogP contribution in [0.2, 0.25) is 0 Å². The second kappa shape index (κ2) is 4.00. The van der Waals surface area contributed by atoms with Gasteiger partial charge in [0.05, 0.1) is 7.11 Å². The molecule has 1 aromatic carbocycles. The fourth-order valence-corrected chi connectivity index (χ4v) is 2.38. The number of carbonyl (C=O) groups is 1. The summed E-state index contributed by atoms with van der Waals surface area (Å²) in [6.45, 7) is 1.57. The number of ether oxygens (including phenoxy) is 1. The number of methoxy groups -OCH3 is 1. The molecule has 0 spiro atoms. The lowest BCUT2D eigenvalue weighted by Crippen LogP contribution is -2.55. The molecule has 18 heavy (non-hydrogen) atoms. The van der Waals surface area contributed by atoms with E-state index in [-0.39, 0.29) is 5.56 Å². The van der Waals surface area contributed by atoms with Crippen LogP contribution in [0.5, 0.6) is 0 Å². The van der Waals surface area contributed by atoms with Crippen LogP contribution in [0.25, 0.3) is 0 Å². The van der Waals surface area contributed by atoms with Crippen molar-refractivity contribution in [1.29, 1.82) is 0 Å². The van der Waals surface area contributed by atoms with Crippen molar-refractivity contribution in [2.45, 2.75) is 31.1 Å². The Bertz CT molecular complexity index is 489. The zero-order valence-electron chi connectivity index (χ0n) is 10.1. The molecule has 2 nitrogen and oxygen atoms in total. The Morgan fingerprint density at radius 3 is 2.39 bits per heavy atom. The van der Waals surface area contributed by atoms with Gasteiger partial charge in [-0.3, -0.25) is 4.79 Å². The third-order valence-corrected chi connectivity index (χ3v) is 3.42. The summed E-state index contributed by atoms with van der Waals surface area (Å²) in [5.74, 6) is -4.14. The van der Waals surface area contributed by atoms with Crippen molar-refractivity contribution in [1.82, 2.24) is 0 Å². The summed E-state index contributed by atoms with van der Waals surface area (Å²) in [6.07, 6.45) is -1.26. The van der Waals surface area contributed by atoms with Crippen molar-refractivity contribution in [2.24, 2.45) is 0 Å². The average molecular weight is 258 g/mol. The van der Waals surface area contributed by atoms with Crippen LogP contribution in [-0.4, -0.2) is 19.0 Å². The first kappa shape index (κ1) is 12.9. The maximum Gasteiger partial charge on any atom is 0.316 e. The summed E-state index contributed by atoms with van der Waals surface area (Å²) in [5, 5.41) is 0. The maximum atomic E-state index is 13.5. The zero-order valence-corrected chi connectivity index (χ0v) is 10.1. The smallest absolute Gasteiger partial charge is 0.316 e. The molecular formula is C13H13F3O2. The van der Waals surface area contributed by atoms with Gasteiger partial charge in [-0.2, -0.15) is 0 Å².